The summed E-state index contributed by atoms with van der Waals surface area (Å²) in [5, 5.41) is 14.8. The Balaban J connectivity index is 2.00. The van der Waals surface area contributed by atoms with E-state index in [1.807, 2.05) is 18.2 Å². The zero-order valence-corrected chi connectivity index (χ0v) is 11.3. The molecular formula is C14H19N3O3. The minimum absolute atomic E-state index is 0.0561. The van der Waals surface area contributed by atoms with Crippen molar-refractivity contribution in [3.8, 4) is 0 Å². The van der Waals surface area contributed by atoms with Crippen molar-refractivity contribution in [1.82, 2.24) is 10.2 Å². The van der Waals surface area contributed by atoms with Gasteiger partial charge in [0.05, 0.1) is 0 Å². The van der Waals surface area contributed by atoms with E-state index < -0.39 is 5.97 Å². The number of amides is 2. The van der Waals surface area contributed by atoms with Crippen LogP contribution in [-0.4, -0.2) is 48.2 Å². The van der Waals surface area contributed by atoms with Crippen molar-refractivity contribution in [2.75, 3.05) is 31.5 Å². The first-order valence-corrected chi connectivity index (χ1v) is 6.73. The van der Waals surface area contributed by atoms with Crippen LogP contribution in [0.25, 0.3) is 0 Å². The molecule has 0 atom stereocenters. The lowest BCUT2D eigenvalue weighted by Crippen LogP contribution is -2.48. The van der Waals surface area contributed by atoms with E-state index in [-0.39, 0.29) is 12.5 Å². The van der Waals surface area contributed by atoms with Gasteiger partial charge in [0.2, 0.25) is 0 Å². The molecule has 0 aliphatic carbocycles. The second-order valence-corrected chi connectivity index (χ2v) is 4.72. The van der Waals surface area contributed by atoms with Gasteiger partial charge >= 0.3 is 12.0 Å². The first kappa shape index (κ1) is 14.3. The molecule has 1 aromatic rings. The first-order valence-electron chi connectivity index (χ1n) is 6.73. The van der Waals surface area contributed by atoms with Gasteiger partial charge in [0.15, 0.2) is 0 Å². The van der Waals surface area contributed by atoms with Crippen molar-refractivity contribution in [2.24, 2.45) is 0 Å². The Hall–Kier alpha value is -2.08. The normalized spacial score (nSPS) is 14.9. The van der Waals surface area contributed by atoms with Gasteiger partial charge in [-0.2, -0.15) is 0 Å². The maximum Gasteiger partial charge on any atom is 0.321 e. The van der Waals surface area contributed by atoms with E-state index in [9.17, 15) is 9.59 Å². The zero-order chi connectivity index (χ0) is 14.4. The van der Waals surface area contributed by atoms with Gasteiger partial charge in [-0.15, -0.1) is 0 Å². The smallest absolute Gasteiger partial charge is 0.321 e. The van der Waals surface area contributed by atoms with Gasteiger partial charge in [-0.25, -0.2) is 4.79 Å². The third kappa shape index (κ3) is 3.96. The summed E-state index contributed by atoms with van der Waals surface area (Å²) in [6.45, 7) is 2.97. The Morgan fingerprint density at radius 1 is 1.25 bits per heavy atom. The quantitative estimate of drug-likeness (QED) is 0.771. The van der Waals surface area contributed by atoms with Gasteiger partial charge < -0.3 is 20.6 Å². The van der Waals surface area contributed by atoms with Crippen molar-refractivity contribution >= 4 is 17.7 Å². The third-order valence-corrected chi connectivity index (χ3v) is 3.27. The number of piperazine rings is 1. The van der Waals surface area contributed by atoms with E-state index in [0.29, 0.717) is 25.2 Å². The van der Waals surface area contributed by atoms with Crippen LogP contribution in [0.2, 0.25) is 0 Å². The Bertz CT molecular complexity index is 484. The van der Waals surface area contributed by atoms with Crippen LogP contribution >= 0.6 is 0 Å². The van der Waals surface area contributed by atoms with Crippen LogP contribution in [0.5, 0.6) is 0 Å². The summed E-state index contributed by atoms with van der Waals surface area (Å²) in [5.74, 6) is -0.840. The van der Waals surface area contributed by atoms with Crippen molar-refractivity contribution in [3.63, 3.8) is 0 Å². The van der Waals surface area contributed by atoms with Gasteiger partial charge in [0, 0.05) is 38.3 Å². The molecule has 0 aromatic heterocycles. The lowest BCUT2D eigenvalue weighted by Gasteiger charge is -2.27. The number of carboxylic acids is 1. The van der Waals surface area contributed by atoms with E-state index in [1.165, 1.54) is 0 Å². The van der Waals surface area contributed by atoms with Crippen molar-refractivity contribution < 1.29 is 14.7 Å². The number of carboxylic acid groups (broad SMARTS) is 1. The van der Waals surface area contributed by atoms with Crippen LogP contribution in [0.1, 0.15) is 12.0 Å². The van der Waals surface area contributed by atoms with E-state index in [1.54, 1.807) is 11.0 Å². The molecule has 108 valence electrons. The molecule has 0 saturated carbocycles. The summed E-state index contributed by atoms with van der Waals surface area (Å²) in [6.07, 6.45) is 0.466. The highest BCUT2D eigenvalue weighted by molar-refractivity contribution is 5.90. The van der Waals surface area contributed by atoms with Gasteiger partial charge in [0.25, 0.3) is 0 Å². The monoisotopic (exact) mass is 277 g/mol. The molecule has 0 unspecified atom stereocenters. The fourth-order valence-electron chi connectivity index (χ4n) is 2.16. The van der Waals surface area contributed by atoms with Gasteiger partial charge in [-0.05, 0) is 18.1 Å². The molecule has 1 aliphatic heterocycles. The molecule has 0 bridgehead atoms. The molecule has 1 fully saturated rings. The van der Waals surface area contributed by atoms with E-state index in [0.717, 1.165) is 18.7 Å². The molecule has 6 heteroatoms. The molecule has 1 saturated heterocycles. The fraction of sp³-hybridized carbons (Fsp3) is 0.429. The number of aryl methyl sites for hydroxylation is 1. The minimum atomic E-state index is -0.840. The van der Waals surface area contributed by atoms with Gasteiger partial charge in [0.1, 0.15) is 0 Å². The highest BCUT2D eigenvalue weighted by Crippen LogP contribution is 2.17. The van der Waals surface area contributed by atoms with Gasteiger partial charge in [-0.3, -0.25) is 4.79 Å². The number of urea groups is 1. The van der Waals surface area contributed by atoms with Crippen LogP contribution < -0.4 is 10.6 Å². The molecule has 1 aliphatic rings. The molecule has 2 rings (SSSR count). The van der Waals surface area contributed by atoms with E-state index in [2.05, 4.69) is 10.6 Å². The number of para-hydroxylation sites is 1. The molecule has 0 spiro atoms. The Kier molecular flexibility index (Phi) is 4.95. The number of rotatable bonds is 4. The largest absolute Gasteiger partial charge is 0.481 e. The average Bonchev–Trinajstić information content (AvgIpc) is 2.47. The van der Waals surface area contributed by atoms with Crippen LogP contribution in [0.4, 0.5) is 10.5 Å². The third-order valence-electron chi connectivity index (χ3n) is 3.27. The lowest BCUT2D eigenvalue weighted by atomic mass is 10.1. The van der Waals surface area contributed by atoms with E-state index in [4.69, 9.17) is 5.11 Å². The predicted molar refractivity (Wildman–Crippen MR) is 75.9 cm³/mol. The van der Waals surface area contributed by atoms with E-state index >= 15 is 0 Å². The molecule has 1 heterocycles. The highest BCUT2D eigenvalue weighted by Gasteiger charge is 2.17. The van der Waals surface area contributed by atoms with Crippen molar-refractivity contribution in [1.29, 1.82) is 0 Å². The number of hydrogen-bond acceptors (Lipinski definition) is 3. The summed E-state index contributed by atoms with van der Waals surface area (Å²) in [5.41, 5.74) is 1.54. The number of aliphatic carboxylic acids is 1. The maximum absolute atomic E-state index is 12.1. The van der Waals surface area contributed by atoms with Crippen LogP contribution in [0.3, 0.4) is 0 Å². The molecule has 1 aromatic carbocycles. The number of anilines is 1. The number of benzene rings is 1. The van der Waals surface area contributed by atoms with Crippen LogP contribution in [0.15, 0.2) is 24.3 Å². The number of hydrogen-bond donors (Lipinski definition) is 3. The summed E-state index contributed by atoms with van der Waals surface area (Å²) in [7, 11) is 0. The Labute approximate surface area is 117 Å². The van der Waals surface area contributed by atoms with Crippen molar-refractivity contribution in [2.45, 2.75) is 12.8 Å². The summed E-state index contributed by atoms with van der Waals surface area (Å²) in [4.78, 5) is 24.5. The predicted octanol–water partition coefficient (Wildman–Crippen LogP) is 1.14. The molecule has 3 N–H and O–H groups in total. The number of nitrogens with one attached hydrogen (secondary N) is 2. The molecule has 6 nitrogen and oxygen atoms in total. The fourth-order valence-corrected chi connectivity index (χ4v) is 2.16. The van der Waals surface area contributed by atoms with Crippen LogP contribution in [-0.2, 0) is 11.2 Å². The molecule has 0 radical (unpaired) electrons. The Morgan fingerprint density at radius 3 is 2.65 bits per heavy atom. The second-order valence-electron chi connectivity index (χ2n) is 4.72. The summed E-state index contributed by atoms with van der Waals surface area (Å²) < 4.78 is 0. The lowest BCUT2D eigenvalue weighted by molar-refractivity contribution is -0.136. The summed E-state index contributed by atoms with van der Waals surface area (Å²) >= 11 is 0. The molecule has 2 amide bonds. The average molecular weight is 277 g/mol. The maximum atomic E-state index is 12.1. The second kappa shape index (κ2) is 6.91. The molecule has 20 heavy (non-hydrogen) atoms. The number of carbonyl (C=O) groups excluding carboxylic acids is 1. The number of nitrogens with zero attached hydrogens (tertiary/aromatic N) is 1. The Morgan fingerprint density at radius 2 is 1.95 bits per heavy atom. The SMILES string of the molecule is O=C(O)CCc1ccccc1NC(=O)N1CCNCC1. The number of carbonyl (C=O) groups is 2. The van der Waals surface area contributed by atoms with Crippen LogP contribution in [0, 0.1) is 0 Å². The molecular weight excluding hydrogens is 258 g/mol. The van der Waals surface area contributed by atoms with Gasteiger partial charge in [-0.1, -0.05) is 18.2 Å². The zero-order valence-electron chi connectivity index (χ0n) is 11.3. The highest BCUT2D eigenvalue weighted by atomic mass is 16.4. The minimum Gasteiger partial charge on any atom is -0.481 e. The summed E-state index contributed by atoms with van der Waals surface area (Å²) in [6, 6.07) is 7.19. The van der Waals surface area contributed by atoms with Crippen molar-refractivity contribution in [3.05, 3.63) is 29.8 Å². The topological polar surface area (TPSA) is 81.7 Å². The first-order chi connectivity index (χ1) is 9.66. The standard InChI is InChI=1S/C14H19N3O3/c18-13(19)6-5-11-3-1-2-4-12(11)16-14(20)17-9-7-15-8-10-17/h1-4,15H,5-10H2,(H,16,20)(H,18,19).